The number of carbonyl (C=O) groups is 1. The van der Waals surface area contributed by atoms with Crippen molar-refractivity contribution in [2.75, 3.05) is 25.5 Å². The maximum atomic E-state index is 13.0. The normalized spacial score (nSPS) is 12.2. The molecule has 0 bridgehead atoms. The molecule has 0 unspecified atom stereocenters. The first kappa shape index (κ1) is 25.6. The monoisotopic (exact) mass is 525 g/mol. The van der Waals surface area contributed by atoms with E-state index in [9.17, 15) is 13.2 Å². The smallest absolute Gasteiger partial charge is 0.279 e. The van der Waals surface area contributed by atoms with Crippen LogP contribution in [0.25, 0.3) is 10.2 Å². The molecule has 0 saturated carbocycles. The Morgan fingerprint density at radius 3 is 2.31 bits per heavy atom. The summed E-state index contributed by atoms with van der Waals surface area (Å²) in [6, 6.07) is 16.5. The van der Waals surface area contributed by atoms with Crippen LogP contribution in [0.3, 0.4) is 0 Å². The summed E-state index contributed by atoms with van der Waals surface area (Å²) in [6.07, 6.45) is 0. The van der Waals surface area contributed by atoms with Crippen molar-refractivity contribution in [2.45, 2.75) is 25.3 Å². The predicted molar refractivity (Wildman–Crippen MR) is 141 cm³/mol. The van der Waals surface area contributed by atoms with E-state index in [1.807, 2.05) is 4.57 Å². The number of fused-ring (bicyclic) bond motifs is 1. The topological polar surface area (TPSA) is 99.0 Å². The standard InChI is InChI=1S/C26H27N3O5S2/c1-17-15-23-24(16-18(17)2)35-26(29(23)13-14-33-3)27-25(30)19-5-7-20(8-6-19)28-36(31,32)22-11-9-21(34-4)10-12-22/h5-12,15-16,28H,13-14H2,1-4H3. The number of thiazole rings is 1. The van der Waals surface area contributed by atoms with E-state index in [0.717, 1.165) is 15.8 Å². The van der Waals surface area contributed by atoms with Gasteiger partial charge in [0.15, 0.2) is 4.80 Å². The molecule has 10 heteroatoms. The minimum atomic E-state index is -3.78. The molecule has 0 fully saturated rings. The fraction of sp³-hybridized carbons (Fsp3) is 0.231. The highest BCUT2D eigenvalue weighted by atomic mass is 32.2. The lowest BCUT2D eigenvalue weighted by Crippen LogP contribution is -2.19. The van der Waals surface area contributed by atoms with Gasteiger partial charge in [-0.25, -0.2) is 8.42 Å². The van der Waals surface area contributed by atoms with Gasteiger partial charge in [0.05, 0.1) is 28.8 Å². The van der Waals surface area contributed by atoms with Gasteiger partial charge in [-0.05, 0) is 85.6 Å². The molecule has 0 spiro atoms. The molecule has 4 rings (SSSR count). The number of sulfonamides is 1. The first-order chi connectivity index (χ1) is 17.2. The Bertz CT molecular complexity index is 1570. The number of carbonyl (C=O) groups excluding carboxylic acids is 1. The minimum absolute atomic E-state index is 0.106. The second-order valence-corrected chi connectivity index (χ2v) is 10.9. The van der Waals surface area contributed by atoms with Crippen molar-refractivity contribution in [1.29, 1.82) is 0 Å². The van der Waals surface area contributed by atoms with Gasteiger partial charge >= 0.3 is 0 Å². The van der Waals surface area contributed by atoms with Gasteiger partial charge in [0, 0.05) is 24.9 Å². The molecule has 0 aliphatic heterocycles. The molecule has 1 amide bonds. The van der Waals surface area contributed by atoms with E-state index in [1.165, 1.54) is 36.1 Å². The quantitative estimate of drug-likeness (QED) is 0.365. The van der Waals surface area contributed by atoms with Crippen molar-refractivity contribution in [3.63, 3.8) is 0 Å². The number of rotatable bonds is 8. The fourth-order valence-electron chi connectivity index (χ4n) is 3.61. The predicted octanol–water partition coefficient (Wildman–Crippen LogP) is 4.52. The molecular weight excluding hydrogens is 498 g/mol. The van der Waals surface area contributed by atoms with Crippen LogP contribution in [0.15, 0.2) is 70.6 Å². The second kappa shape index (κ2) is 10.7. The van der Waals surface area contributed by atoms with E-state index in [4.69, 9.17) is 9.47 Å². The number of aryl methyl sites for hydroxylation is 2. The maximum Gasteiger partial charge on any atom is 0.279 e. The van der Waals surface area contributed by atoms with Gasteiger partial charge in [-0.1, -0.05) is 11.3 Å². The zero-order chi connectivity index (χ0) is 25.9. The van der Waals surface area contributed by atoms with Crippen molar-refractivity contribution in [2.24, 2.45) is 4.99 Å². The molecule has 1 aromatic heterocycles. The van der Waals surface area contributed by atoms with E-state index in [-0.39, 0.29) is 4.90 Å². The molecule has 188 valence electrons. The summed E-state index contributed by atoms with van der Waals surface area (Å²) in [5.74, 6) is 0.152. The zero-order valence-corrected chi connectivity index (χ0v) is 22.1. The van der Waals surface area contributed by atoms with Crippen LogP contribution in [0.4, 0.5) is 5.69 Å². The lowest BCUT2D eigenvalue weighted by molar-refractivity contribution is 0.0997. The van der Waals surface area contributed by atoms with E-state index in [0.29, 0.717) is 35.0 Å². The highest BCUT2D eigenvalue weighted by molar-refractivity contribution is 7.92. The molecule has 36 heavy (non-hydrogen) atoms. The number of anilines is 1. The van der Waals surface area contributed by atoms with Gasteiger partial charge in [0.25, 0.3) is 15.9 Å². The maximum absolute atomic E-state index is 13.0. The summed E-state index contributed by atoms with van der Waals surface area (Å²) in [4.78, 5) is 18.0. The second-order valence-electron chi connectivity index (χ2n) is 8.21. The number of methoxy groups -OCH3 is 2. The number of hydrogen-bond donors (Lipinski definition) is 1. The summed E-state index contributed by atoms with van der Waals surface area (Å²) in [5, 5.41) is 0. The summed E-state index contributed by atoms with van der Waals surface area (Å²) in [6.45, 7) is 5.17. The third kappa shape index (κ3) is 5.51. The van der Waals surface area contributed by atoms with Gasteiger partial charge in [0.1, 0.15) is 5.75 Å². The molecule has 0 atom stereocenters. The summed E-state index contributed by atoms with van der Waals surface area (Å²) in [7, 11) is -0.635. The number of nitrogens with one attached hydrogen (secondary N) is 1. The van der Waals surface area contributed by atoms with Gasteiger partial charge in [-0.2, -0.15) is 4.99 Å². The Hall–Kier alpha value is -3.47. The van der Waals surface area contributed by atoms with E-state index in [2.05, 4.69) is 35.7 Å². The van der Waals surface area contributed by atoms with E-state index >= 15 is 0 Å². The van der Waals surface area contributed by atoms with Crippen molar-refractivity contribution >= 4 is 43.2 Å². The molecule has 4 aromatic rings. The van der Waals surface area contributed by atoms with Crippen molar-refractivity contribution in [3.05, 3.63) is 82.2 Å². The highest BCUT2D eigenvalue weighted by Gasteiger charge is 2.15. The third-order valence-corrected chi connectivity index (χ3v) is 8.21. The van der Waals surface area contributed by atoms with Crippen LogP contribution in [-0.4, -0.2) is 39.7 Å². The fourth-order valence-corrected chi connectivity index (χ4v) is 5.80. The third-order valence-electron chi connectivity index (χ3n) is 5.77. The zero-order valence-electron chi connectivity index (χ0n) is 20.4. The first-order valence-electron chi connectivity index (χ1n) is 11.2. The van der Waals surface area contributed by atoms with Crippen LogP contribution in [0.5, 0.6) is 5.75 Å². The van der Waals surface area contributed by atoms with Crippen LogP contribution in [0, 0.1) is 13.8 Å². The molecule has 3 aromatic carbocycles. The molecule has 1 N–H and O–H groups in total. The average Bonchev–Trinajstić information content (AvgIpc) is 3.18. The van der Waals surface area contributed by atoms with Crippen LogP contribution >= 0.6 is 11.3 Å². The van der Waals surface area contributed by atoms with Crippen molar-refractivity contribution in [1.82, 2.24) is 4.57 Å². The Labute approximate surface area is 213 Å². The number of benzene rings is 3. The first-order valence-corrected chi connectivity index (χ1v) is 13.5. The average molecular weight is 526 g/mol. The summed E-state index contributed by atoms with van der Waals surface area (Å²) in [5.41, 5.74) is 4.04. The molecule has 0 aliphatic carbocycles. The number of hydrogen-bond acceptors (Lipinski definition) is 6. The minimum Gasteiger partial charge on any atom is -0.497 e. The molecular formula is C26H27N3O5S2. The SMILES string of the molecule is COCCn1c(=NC(=O)c2ccc(NS(=O)(=O)c3ccc(OC)cc3)cc2)sc2cc(C)c(C)cc21. The summed E-state index contributed by atoms with van der Waals surface area (Å²) >= 11 is 1.45. The Morgan fingerprint density at radius 1 is 1.00 bits per heavy atom. The van der Waals surface area contributed by atoms with Gasteiger partial charge < -0.3 is 14.0 Å². The Morgan fingerprint density at radius 2 is 1.67 bits per heavy atom. The molecule has 0 radical (unpaired) electrons. The Balaban J connectivity index is 1.60. The molecule has 0 aliphatic rings. The lowest BCUT2D eigenvalue weighted by atomic mass is 10.1. The molecule has 1 heterocycles. The van der Waals surface area contributed by atoms with Gasteiger partial charge in [0.2, 0.25) is 0 Å². The van der Waals surface area contributed by atoms with Gasteiger partial charge in [-0.15, -0.1) is 0 Å². The molecule has 0 saturated heterocycles. The number of aromatic nitrogens is 1. The number of nitrogens with zero attached hydrogens (tertiary/aromatic N) is 2. The largest absolute Gasteiger partial charge is 0.497 e. The van der Waals surface area contributed by atoms with Crippen molar-refractivity contribution in [3.8, 4) is 5.75 Å². The summed E-state index contributed by atoms with van der Waals surface area (Å²) < 4.78 is 41.2. The van der Waals surface area contributed by atoms with Crippen LogP contribution < -0.4 is 14.3 Å². The van der Waals surface area contributed by atoms with Crippen LogP contribution in [0.1, 0.15) is 21.5 Å². The van der Waals surface area contributed by atoms with E-state index < -0.39 is 15.9 Å². The van der Waals surface area contributed by atoms with E-state index in [1.54, 1.807) is 43.5 Å². The number of amides is 1. The highest BCUT2D eigenvalue weighted by Crippen LogP contribution is 2.23. The van der Waals surface area contributed by atoms with Crippen LogP contribution in [-0.2, 0) is 21.3 Å². The van der Waals surface area contributed by atoms with Crippen LogP contribution in [0.2, 0.25) is 0 Å². The van der Waals surface area contributed by atoms with Gasteiger partial charge in [-0.3, -0.25) is 9.52 Å². The lowest BCUT2D eigenvalue weighted by Gasteiger charge is -2.09. The van der Waals surface area contributed by atoms with Crippen molar-refractivity contribution < 1.29 is 22.7 Å². The molecule has 8 nitrogen and oxygen atoms in total. The Kier molecular flexibility index (Phi) is 7.58. The number of ether oxygens (including phenoxy) is 2.